The second-order valence-electron chi connectivity index (χ2n) is 8.11. The zero-order valence-corrected chi connectivity index (χ0v) is 20.7. The number of hydrogen-bond donors (Lipinski definition) is 0. The first-order valence-electron chi connectivity index (χ1n) is 10.3. The molecule has 2 aliphatic rings. The maximum Gasteiger partial charge on any atom is 0.274 e. The molecule has 0 bridgehead atoms. The van der Waals surface area contributed by atoms with Gasteiger partial charge in [0.15, 0.2) is 5.78 Å². The molecule has 0 aromatic heterocycles. The number of hydrazine groups is 1. The van der Waals surface area contributed by atoms with Crippen LogP contribution in [0.2, 0.25) is 10.0 Å². The Morgan fingerprint density at radius 2 is 1.73 bits per heavy atom. The predicted molar refractivity (Wildman–Crippen MR) is 128 cm³/mol. The second kappa shape index (κ2) is 9.41. The highest BCUT2D eigenvalue weighted by Gasteiger charge is 2.51. The van der Waals surface area contributed by atoms with Crippen molar-refractivity contribution in [3.05, 3.63) is 79.8 Å². The molecule has 6 nitrogen and oxygen atoms in total. The van der Waals surface area contributed by atoms with E-state index in [9.17, 15) is 19.2 Å². The number of rotatable bonds is 5. The van der Waals surface area contributed by atoms with Gasteiger partial charge in [0.2, 0.25) is 0 Å². The number of halogens is 3. The van der Waals surface area contributed by atoms with Gasteiger partial charge in [-0.1, -0.05) is 62.9 Å². The third-order valence-corrected chi connectivity index (χ3v) is 6.97. The van der Waals surface area contributed by atoms with E-state index in [1.54, 1.807) is 24.3 Å². The van der Waals surface area contributed by atoms with Crippen LogP contribution in [-0.4, -0.2) is 40.1 Å². The lowest BCUT2D eigenvalue weighted by Crippen LogP contribution is -2.52. The summed E-state index contributed by atoms with van der Waals surface area (Å²) in [5.74, 6) is -3.24. The molecule has 2 aromatic carbocycles. The fourth-order valence-corrected chi connectivity index (χ4v) is 4.91. The van der Waals surface area contributed by atoms with Gasteiger partial charge in [0.1, 0.15) is 6.54 Å². The fraction of sp³-hybridized carbons (Fsp3) is 0.250. The summed E-state index contributed by atoms with van der Waals surface area (Å²) >= 11 is 15.5. The standard InChI is InChI=1S/C24H19BrCl2N2O4/c1-13-2-8-17-19(10-13)24(33)29(23(17)32)28(12-21(30)14-3-5-15(25)6-4-14)22(31)18-9-7-16(26)11-20(18)27/h2-7,9,11,17,19H,8,10,12H2,1H3/t17-,19+/m0/s1. The molecule has 0 radical (unpaired) electrons. The molecule has 1 aliphatic heterocycles. The number of Topliss-reactive ketones (excluding diaryl/α,β-unsaturated/α-hetero) is 1. The monoisotopic (exact) mass is 548 g/mol. The molecule has 2 aromatic rings. The van der Waals surface area contributed by atoms with Crippen LogP contribution in [0.3, 0.4) is 0 Å². The molecule has 0 spiro atoms. The van der Waals surface area contributed by atoms with Crippen molar-refractivity contribution in [2.45, 2.75) is 19.8 Å². The van der Waals surface area contributed by atoms with E-state index in [1.807, 2.05) is 13.0 Å². The molecule has 2 atom stereocenters. The number of allylic oxidation sites excluding steroid dienone is 2. The van der Waals surface area contributed by atoms with Crippen LogP contribution in [0.25, 0.3) is 0 Å². The van der Waals surface area contributed by atoms with Crippen LogP contribution in [0, 0.1) is 11.8 Å². The molecular weight excluding hydrogens is 531 g/mol. The Labute approximate surface area is 209 Å². The molecule has 1 saturated heterocycles. The minimum absolute atomic E-state index is 0.0365. The Morgan fingerprint density at radius 3 is 2.39 bits per heavy atom. The van der Waals surface area contributed by atoms with Crippen molar-refractivity contribution in [1.29, 1.82) is 0 Å². The number of hydrogen-bond acceptors (Lipinski definition) is 4. The average Bonchev–Trinajstić information content (AvgIpc) is 3.01. The van der Waals surface area contributed by atoms with Gasteiger partial charge in [-0.2, -0.15) is 5.01 Å². The first kappa shape index (κ1) is 23.7. The molecule has 9 heteroatoms. The van der Waals surface area contributed by atoms with Gasteiger partial charge < -0.3 is 0 Å². The van der Waals surface area contributed by atoms with Crippen LogP contribution in [0.4, 0.5) is 0 Å². The minimum atomic E-state index is -0.729. The number of imide groups is 1. The van der Waals surface area contributed by atoms with Crippen molar-refractivity contribution in [3.63, 3.8) is 0 Å². The highest BCUT2D eigenvalue weighted by atomic mass is 79.9. The summed E-state index contributed by atoms with van der Waals surface area (Å²) in [6, 6.07) is 10.9. The van der Waals surface area contributed by atoms with E-state index in [-0.39, 0.29) is 10.6 Å². The van der Waals surface area contributed by atoms with Crippen molar-refractivity contribution >= 4 is 62.6 Å². The smallest absolute Gasteiger partial charge is 0.274 e. The van der Waals surface area contributed by atoms with E-state index in [2.05, 4.69) is 15.9 Å². The molecule has 0 saturated carbocycles. The van der Waals surface area contributed by atoms with Crippen molar-refractivity contribution in [1.82, 2.24) is 10.0 Å². The number of nitrogens with zero attached hydrogens (tertiary/aromatic N) is 2. The van der Waals surface area contributed by atoms with Crippen molar-refractivity contribution in [2.24, 2.45) is 11.8 Å². The lowest BCUT2D eigenvalue weighted by molar-refractivity contribution is -0.154. The zero-order valence-electron chi connectivity index (χ0n) is 17.6. The lowest BCUT2D eigenvalue weighted by atomic mass is 9.82. The molecular formula is C24H19BrCl2N2O4. The lowest BCUT2D eigenvalue weighted by Gasteiger charge is -2.30. The van der Waals surface area contributed by atoms with Crippen LogP contribution >= 0.6 is 39.1 Å². The topological polar surface area (TPSA) is 74.8 Å². The maximum atomic E-state index is 13.5. The van der Waals surface area contributed by atoms with Crippen LogP contribution in [0.1, 0.15) is 40.5 Å². The van der Waals surface area contributed by atoms with Gasteiger partial charge >= 0.3 is 0 Å². The normalized spacial score (nSPS) is 19.9. The largest absolute Gasteiger partial charge is 0.292 e. The Balaban J connectivity index is 1.72. The van der Waals surface area contributed by atoms with Gasteiger partial charge in [-0.15, -0.1) is 0 Å². The molecule has 1 heterocycles. The predicted octanol–water partition coefficient (Wildman–Crippen LogP) is 5.34. The van der Waals surface area contributed by atoms with Crippen molar-refractivity contribution < 1.29 is 19.2 Å². The molecule has 33 heavy (non-hydrogen) atoms. The summed E-state index contributed by atoms with van der Waals surface area (Å²) in [6.07, 6.45) is 2.79. The number of carbonyl (C=O) groups excluding carboxylic acids is 4. The summed E-state index contributed by atoms with van der Waals surface area (Å²) < 4.78 is 0.789. The number of amides is 3. The molecule has 3 amide bonds. The Hall–Kier alpha value is -2.48. The molecule has 0 unspecified atom stereocenters. The summed E-state index contributed by atoms with van der Waals surface area (Å²) in [5, 5.41) is 2.14. The van der Waals surface area contributed by atoms with Gasteiger partial charge in [0.25, 0.3) is 17.7 Å². The SMILES string of the molecule is CC1=CC[C@@H]2C(=O)N(N(CC(=O)c3ccc(Br)cc3)C(=O)c3ccc(Cl)cc3Cl)C(=O)[C@@H]2C1. The number of carbonyl (C=O) groups is 4. The third-order valence-electron chi connectivity index (χ3n) is 5.90. The Kier molecular flexibility index (Phi) is 6.75. The van der Waals surface area contributed by atoms with Crippen LogP contribution in [0.15, 0.2) is 58.6 Å². The van der Waals surface area contributed by atoms with Crippen LogP contribution in [-0.2, 0) is 9.59 Å². The highest BCUT2D eigenvalue weighted by molar-refractivity contribution is 9.10. The van der Waals surface area contributed by atoms with E-state index in [4.69, 9.17) is 23.2 Å². The maximum absolute atomic E-state index is 13.5. The van der Waals surface area contributed by atoms with Crippen LogP contribution in [0.5, 0.6) is 0 Å². The van der Waals surface area contributed by atoms with E-state index < -0.39 is 41.9 Å². The number of ketones is 1. The summed E-state index contributed by atoms with van der Waals surface area (Å²) in [4.78, 5) is 53.1. The molecule has 1 fully saturated rings. The second-order valence-corrected chi connectivity index (χ2v) is 9.87. The number of fused-ring (bicyclic) bond motifs is 1. The fourth-order valence-electron chi connectivity index (χ4n) is 4.16. The van der Waals surface area contributed by atoms with Gasteiger partial charge in [-0.3, -0.25) is 19.2 Å². The summed E-state index contributed by atoms with van der Waals surface area (Å²) in [6.45, 7) is 1.41. The Morgan fingerprint density at radius 1 is 1.06 bits per heavy atom. The van der Waals surface area contributed by atoms with E-state index in [0.717, 1.165) is 20.1 Å². The molecule has 1 aliphatic carbocycles. The highest BCUT2D eigenvalue weighted by Crippen LogP contribution is 2.39. The van der Waals surface area contributed by atoms with Crippen LogP contribution < -0.4 is 0 Å². The van der Waals surface area contributed by atoms with Gasteiger partial charge in [-0.05, 0) is 50.1 Å². The third kappa shape index (κ3) is 4.63. The zero-order chi connectivity index (χ0) is 23.9. The first-order valence-corrected chi connectivity index (χ1v) is 11.8. The van der Waals surface area contributed by atoms with E-state index >= 15 is 0 Å². The van der Waals surface area contributed by atoms with Crippen molar-refractivity contribution in [3.8, 4) is 0 Å². The number of benzene rings is 2. The van der Waals surface area contributed by atoms with E-state index in [0.29, 0.717) is 23.4 Å². The first-order chi connectivity index (χ1) is 15.7. The van der Waals surface area contributed by atoms with Gasteiger partial charge in [-0.25, -0.2) is 5.01 Å². The summed E-state index contributed by atoms with van der Waals surface area (Å²) in [7, 11) is 0. The minimum Gasteiger partial charge on any atom is -0.292 e. The quantitative estimate of drug-likeness (QED) is 0.287. The summed E-state index contributed by atoms with van der Waals surface area (Å²) in [5.41, 5.74) is 1.39. The van der Waals surface area contributed by atoms with Gasteiger partial charge in [0.05, 0.1) is 22.4 Å². The molecule has 0 N–H and O–H groups in total. The van der Waals surface area contributed by atoms with Gasteiger partial charge in [0, 0.05) is 15.1 Å². The average molecular weight is 550 g/mol. The molecule has 4 rings (SSSR count). The van der Waals surface area contributed by atoms with E-state index in [1.165, 1.54) is 18.2 Å². The molecule has 170 valence electrons. The van der Waals surface area contributed by atoms with Crippen molar-refractivity contribution in [2.75, 3.05) is 6.54 Å². The Bertz CT molecular complexity index is 1200.